The molecule has 0 saturated heterocycles. The molecular weight excluding hydrogens is 338 g/mol. The van der Waals surface area contributed by atoms with Crippen molar-refractivity contribution in [1.82, 2.24) is 5.32 Å². The van der Waals surface area contributed by atoms with Crippen molar-refractivity contribution < 1.29 is 9.89 Å². The summed E-state index contributed by atoms with van der Waals surface area (Å²) in [7, 11) is 0. The van der Waals surface area contributed by atoms with Crippen LogP contribution in [0.1, 0.15) is 25.5 Å². The molecule has 6 heteroatoms. The van der Waals surface area contributed by atoms with Crippen molar-refractivity contribution in [1.29, 1.82) is 10.5 Å². The Balaban J connectivity index is 0.00000225. The number of dihydropyridines is 1. The summed E-state index contributed by atoms with van der Waals surface area (Å²) in [5, 5.41) is 22.8. The Morgan fingerprint density at radius 1 is 0.960 bits per heavy atom. The molecule has 0 fully saturated rings. The first-order valence-electron chi connectivity index (χ1n) is 7.39. The third kappa shape index (κ3) is 3.29. The lowest BCUT2D eigenvalue weighted by Crippen LogP contribution is -2.23. The Labute approximate surface area is 150 Å². The summed E-state index contributed by atoms with van der Waals surface area (Å²) in [4.78, 5) is 0. The minimum atomic E-state index is -0.484. The van der Waals surface area contributed by atoms with Crippen LogP contribution in [-0.2, 0) is 0 Å². The van der Waals surface area contributed by atoms with Gasteiger partial charge in [-0.05, 0) is 50.2 Å². The molecule has 0 bridgehead atoms. The standard InChI is InChI=1S/C19H14ClN3O.H2O/c1-11-15(9-21)19(16(10-22)12(2)23-11)18-8-7-17(24-18)13-3-5-14(20)6-4-13;/h3-8,19,23H,1-2H3;1H2. The molecule has 0 radical (unpaired) electrons. The lowest BCUT2D eigenvalue weighted by atomic mass is 9.85. The molecule has 1 aliphatic heterocycles. The molecule has 0 saturated carbocycles. The van der Waals surface area contributed by atoms with Crippen LogP contribution in [0.15, 0.2) is 63.4 Å². The predicted molar refractivity (Wildman–Crippen MR) is 95.3 cm³/mol. The second-order valence-corrected chi connectivity index (χ2v) is 6.00. The third-order valence-electron chi connectivity index (χ3n) is 4.04. The smallest absolute Gasteiger partial charge is 0.134 e. The first-order chi connectivity index (χ1) is 11.5. The van der Waals surface area contributed by atoms with E-state index < -0.39 is 5.92 Å². The Kier molecular flexibility index (Phi) is 5.34. The van der Waals surface area contributed by atoms with E-state index in [9.17, 15) is 10.5 Å². The number of halogens is 1. The SMILES string of the molecule is CC1=C(C#N)C(c2ccc(-c3ccc(Cl)cc3)o2)C(C#N)=C(C)N1.O. The molecular formula is C19H16ClN3O2. The van der Waals surface area contributed by atoms with Gasteiger partial charge in [0.1, 0.15) is 11.5 Å². The van der Waals surface area contributed by atoms with Crippen LogP contribution < -0.4 is 5.32 Å². The first kappa shape index (κ1) is 18.4. The van der Waals surface area contributed by atoms with Gasteiger partial charge in [0, 0.05) is 22.0 Å². The minimum Gasteiger partial charge on any atom is -0.460 e. The number of benzene rings is 1. The zero-order valence-electron chi connectivity index (χ0n) is 13.7. The summed E-state index contributed by atoms with van der Waals surface area (Å²) in [6.07, 6.45) is 0. The molecule has 0 amide bonds. The maximum absolute atomic E-state index is 9.51. The van der Waals surface area contributed by atoms with E-state index in [1.807, 2.05) is 38.1 Å². The molecule has 0 unspecified atom stereocenters. The molecule has 126 valence electrons. The Morgan fingerprint density at radius 3 is 2.04 bits per heavy atom. The number of hydrogen-bond donors (Lipinski definition) is 1. The molecule has 0 atom stereocenters. The van der Waals surface area contributed by atoms with Crippen molar-refractivity contribution in [3.63, 3.8) is 0 Å². The number of hydrogen-bond acceptors (Lipinski definition) is 4. The highest BCUT2D eigenvalue weighted by atomic mass is 35.5. The molecule has 1 aromatic heterocycles. The van der Waals surface area contributed by atoms with Crippen molar-refractivity contribution in [3.05, 3.63) is 69.7 Å². The van der Waals surface area contributed by atoms with E-state index in [2.05, 4.69) is 17.5 Å². The van der Waals surface area contributed by atoms with Crippen LogP contribution in [0.4, 0.5) is 0 Å². The fraction of sp³-hybridized carbons (Fsp3) is 0.158. The van der Waals surface area contributed by atoms with Crippen molar-refractivity contribution in [2.24, 2.45) is 0 Å². The largest absolute Gasteiger partial charge is 0.460 e. The van der Waals surface area contributed by atoms with Gasteiger partial charge in [-0.15, -0.1) is 0 Å². The Hall–Kier alpha value is -2.99. The highest BCUT2D eigenvalue weighted by Crippen LogP contribution is 2.39. The fourth-order valence-corrected chi connectivity index (χ4v) is 2.98. The van der Waals surface area contributed by atoms with Gasteiger partial charge < -0.3 is 15.2 Å². The second-order valence-electron chi connectivity index (χ2n) is 5.57. The molecule has 3 N–H and O–H groups in total. The summed E-state index contributed by atoms with van der Waals surface area (Å²) in [5.41, 5.74) is 3.35. The number of furan rings is 1. The average molecular weight is 354 g/mol. The molecule has 5 nitrogen and oxygen atoms in total. The van der Waals surface area contributed by atoms with Crippen molar-refractivity contribution in [2.75, 3.05) is 0 Å². The molecule has 2 aromatic rings. The minimum absolute atomic E-state index is 0. The molecule has 2 heterocycles. The van der Waals surface area contributed by atoms with Gasteiger partial charge in [0.25, 0.3) is 0 Å². The van der Waals surface area contributed by atoms with E-state index >= 15 is 0 Å². The van der Waals surface area contributed by atoms with E-state index in [-0.39, 0.29) is 5.48 Å². The summed E-state index contributed by atoms with van der Waals surface area (Å²) in [6.45, 7) is 3.65. The van der Waals surface area contributed by atoms with Crippen LogP contribution in [0, 0.1) is 22.7 Å². The van der Waals surface area contributed by atoms with Gasteiger partial charge in [0.2, 0.25) is 0 Å². The van der Waals surface area contributed by atoms with E-state index in [0.717, 1.165) is 17.0 Å². The van der Waals surface area contributed by atoms with E-state index in [1.54, 1.807) is 12.1 Å². The predicted octanol–water partition coefficient (Wildman–Crippen LogP) is 4.06. The lowest BCUT2D eigenvalue weighted by Gasteiger charge is -2.24. The molecule has 0 aliphatic carbocycles. The maximum Gasteiger partial charge on any atom is 0.134 e. The van der Waals surface area contributed by atoms with Gasteiger partial charge in [0.05, 0.1) is 29.2 Å². The van der Waals surface area contributed by atoms with Gasteiger partial charge in [-0.25, -0.2) is 0 Å². The maximum atomic E-state index is 9.51. The van der Waals surface area contributed by atoms with Crippen LogP contribution >= 0.6 is 11.6 Å². The average Bonchev–Trinajstić information content (AvgIpc) is 3.04. The number of rotatable bonds is 2. The first-order valence-corrected chi connectivity index (χ1v) is 7.77. The van der Waals surface area contributed by atoms with Gasteiger partial charge in [-0.1, -0.05) is 11.6 Å². The van der Waals surface area contributed by atoms with Gasteiger partial charge >= 0.3 is 0 Å². The Bertz CT molecular complexity index is 904. The number of nitrogens with zero attached hydrogens (tertiary/aromatic N) is 2. The molecule has 25 heavy (non-hydrogen) atoms. The van der Waals surface area contributed by atoms with E-state index in [4.69, 9.17) is 16.0 Å². The summed E-state index contributed by atoms with van der Waals surface area (Å²) >= 11 is 5.91. The number of nitriles is 2. The van der Waals surface area contributed by atoms with Gasteiger partial charge in [-0.2, -0.15) is 10.5 Å². The fourth-order valence-electron chi connectivity index (χ4n) is 2.85. The van der Waals surface area contributed by atoms with Crippen LogP contribution in [0.5, 0.6) is 0 Å². The highest BCUT2D eigenvalue weighted by molar-refractivity contribution is 6.30. The molecule has 1 aliphatic rings. The van der Waals surface area contributed by atoms with Crippen molar-refractivity contribution in [3.8, 4) is 23.5 Å². The van der Waals surface area contributed by atoms with Gasteiger partial charge in [0.15, 0.2) is 0 Å². The van der Waals surface area contributed by atoms with E-state index in [0.29, 0.717) is 27.7 Å². The molecule has 0 spiro atoms. The van der Waals surface area contributed by atoms with Crippen molar-refractivity contribution in [2.45, 2.75) is 19.8 Å². The molecule has 3 rings (SSSR count). The topological polar surface area (TPSA) is 104 Å². The third-order valence-corrected chi connectivity index (χ3v) is 4.29. The van der Waals surface area contributed by atoms with Crippen LogP contribution in [0.25, 0.3) is 11.3 Å². The Morgan fingerprint density at radius 2 is 1.52 bits per heavy atom. The van der Waals surface area contributed by atoms with Crippen LogP contribution in [-0.4, -0.2) is 5.48 Å². The van der Waals surface area contributed by atoms with E-state index in [1.165, 1.54) is 0 Å². The number of allylic oxidation sites excluding steroid dienone is 4. The lowest BCUT2D eigenvalue weighted by molar-refractivity contribution is 0.511. The normalized spacial score (nSPS) is 14.4. The second kappa shape index (κ2) is 7.27. The molecule has 1 aromatic carbocycles. The highest BCUT2D eigenvalue weighted by Gasteiger charge is 2.31. The van der Waals surface area contributed by atoms with Gasteiger partial charge in [-0.3, -0.25) is 0 Å². The summed E-state index contributed by atoms with van der Waals surface area (Å²) in [6, 6.07) is 15.4. The monoisotopic (exact) mass is 353 g/mol. The summed E-state index contributed by atoms with van der Waals surface area (Å²) < 4.78 is 5.97. The summed E-state index contributed by atoms with van der Waals surface area (Å²) in [5.74, 6) is 0.764. The van der Waals surface area contributed by atoms with Crippen LogP contribution in [0.2, 0.25) is 5.02 Å². The zero-order chi connectivity index (χ0) is 17.3. The van der Waals surface area contributed by atoms with Crippen LogP contribution in [0.3, 0.4) is 0 Å². The van der Waals surface area contributed by atoms with Crippen molar-refractivity contribution >= 4 is 11.6 Å². The number of nitrogens with one attached hydrogen (secondary N) is 1. The quantitative estimate of drug-likeness (QED) is 0.878. The zero-order valence-corrected chi connectivity index (χ0v) is 14.5.